The lowest BCUT2D eigenvalue weighted by atomic mass is 10.1. The molecule has 30 heavy (non-hydrogen) atoms. The minimum absolute atomic E-state index is 0.111. The van der Waals surface area contributed by atoms with Crippen LogP contribution < -0.4 is 15.2 Å². The van der Waals surface area contributed by atoms with Crippen molar-refractivity contribution in [2.45, 2.75) is 0 Å². The number of rotatable bonds is 6. The fourth-order valence-electron chi connectivity index (χ4n) is 2.55. The zero-order valence-corrected chi connectivity index (χ0v) is 16.4. The van der Waals surface area contributed by atoms with Gasteiger partial charge in [0.15, 0.2) is 11.5 Å². The number of hydrogen-bond acceptors (Lipinski definition) is 7. The molecular weight excluding hydrogens is 415 g/mol. The van der Waals surface area contributed by atoms with Crippen molar-refractivity contribution in [1.29, 1.82) is 0 Å². The summed E-state index contributed by atoms with van der Waals surface area (Å²) in [7, 11) is 1.37. The average Bonchev–Trinajstić information content (AvgIpc) is 2.96. The highest BCUT2D eigenvalue weighted by molar-refractivity contribution is 8.18. The van der Waals surface area contributed by atoms with Crippen LogP contribution in [-0.4, -0.2) is 41.6 Å². The molecule has 154 valence electrons. The standard InChI is InChI=1S/C20H15FN2O6S/c1-28-15-8-11(9-16-18(25)23(10-17(22)24)20(27)30-16)2-7-14(15)29-19(26)12-3-5-13(21)6-4-12/h2-9H,10H2,1H3,(H2,22,24)/b16-9-. The van der Waals surface area contributed by atoms with Crippen molar-refractivity contribution in [2.75, 3.05) is 13.7 Å². The summed E-state index contributed by atoms with van der Waals surface area (Å²) >= 11 is 0.679. The maximum Gasteiger partial charge on any atom is 0.343 e. The molecule has 0 aromatic heterocycles. The van der Waals surface area contributed by atoms with Gasteiger partial charge < -0.3 is 15.2 Å². The second kappa shape index (κ2) is 8.78. The molecule has 1 heterocycles. The largest absolute Gasteiger partial charge is 0.493 e. The highest BCUT2D eigenvalue weighted by atomic mass is 32.2. The quantitative estimate of drug-likeness (QED) is 0.425. The number of ether oxygens (including phenoxy) is 2. The van der Waals surface area contributed by atoms with Crippen LogP contribution in [0, 0.1) is 5.82 Å². The molecule has 2 N–H and O–H groups in total. The second-order valence-corrected chi connectivity index (χ2v) is 7.03. The van der Waals surface area contributed by atoms with Gasteiger partial charge in [0.1, 0.15) is 12.4 Å². The number of nitrogens with two attached hydrogens (primary N) is 1. The summed E-state index contributed by atoms with van der Waals surface area (Å²) in [4.78, 5) is 48.3. The summed E-state index contributed by atoms with van der Waals surface area (Å²) in [6.45, 7) is -0.496. The monoisotopic (exact) mass is 430 g/mol. The van der Waals surface area contributed by atoms with E-state index in [0.29, 0.717) is 17.3 Å². The van der Waals surface area contributed by atoms with E-state index in [2.05, 4.69) is 0 Å². The van der Waals surface area contributed by atoms with Gasteiger partial charge in [0, 0.05) is 0 Å². The Bertz CT molecular complexity index is 1070. The molecule has 0 aliphatic carbocycles. The number of methoxy groups -OCH3 is 1. The van der Waals surface area contributed by atoms with Crippen molar-refractivity contribution in [2.24, 2.45) is 5.73 Å². The van der Waals surface area contributed by atoms with Gasteiger partial charge in [0.05, 0.1) is 17.6 Å². The van der Waals surface area contributed by atoms with Crippen LogP contribution in [0.2, 0.25) is 0 Å². The number of halogens is 1. The fraction of sp³-hybridized carbons (Fsp3) is 0.100. The normalized spacial score (nSPS) is 14.9. The van der Waals surface area contributed by atoms with E-state index in [1.165, 1.54) is 37.5 Å². The number of thioether (sulfide) groups is 1. The van der Waals surface area contributed by atoms with Crippen molar-refractivity contribution in [3.63, 3.8) is 0 Å². The van der Waals surface area contributed by atoms with Crippen molar-refractivity contribution in [1.82, 2.24) is 4.90 Å². The lowest BCUT2D eigenvalue weighted by molar-refractivity contribution is -0.127. The van der Waals surface area contributed by atoms with Crippen LogP contribution in [0.1, 0.15) is 15.9 Å². The number of imide groups is 1. The smallest absolute Gasteiger partial charge is 0.343 e. The van der Waals surface area contributed by atoms with Gasteiger partial charge in [-0.2, -0.15) is 0 Å². The summed E-state index contributed by atoms with van der Waals surface area (Å²) in [6, 6.07) is 9.39. The number of hydrogen-bond donors (Lipinski definition) is 1. The number of primary amides is 1. The molecule has 3 amide bonds. The molecule has 3 rings (SSSR count). The van der Waals surface area contributed by atoms with E-state index in [-0.39, 0.29) is 22.0 Å². The Morgan fingerprint density at radius 2 is 1.83 bits per heavy atom. The van der Waals surface area contributed by atoms with Gasteiger partial charge in [0.25, 0.3) is 11.1 Å². The van der Waals surface area contributed by atoms with Crippen LogP contribution >= 0.6 is 11.8 Å². The van der Waals surface area contributed by atoms with Crippen LogP contribution in [0.5, 0.6) is 11.5 Å². The van der Waals surface area contributed by atoms with Gasteiger partial charge in [0.2, 0.25) is 5.91 Å². The number of esters is 1. The van der Waals surface area contributed by atoms with Crippen molar-refractivity contribution >= 4 is 40.9 Å². The van der Waals surface area contributed by atoms with Crippen LogP contribution in [0.3, 0.4) is 0 Å². The van der Waals surface area contributed by atoms with Crippen molar-refractivity contribution in [3.05, 3.63) is 64.3 Å². The highest BCUT2D eigenvalue weighted by Gasteiger charge is 2.35. The highest BCUT2D eigenvalue weighted by Crippen LogP contribution is 2.34. The van der Waals surface area contributed by atoms with Crippen LogP contribution in [-0.2, 0) is 9.59 Å². The molecule has 8 nitrogen and oxygen atoms in total. The Balaban J connectivity index is 1.80. The van der Waals surface area contributed by atoms with Gasteiger partial charge in [-0.25, -0.2) is 9.18 Å². The van der Waals surface area contributed by atoms with E-state index in [9.17, 15) is 23.6 Å². The van der Waals surface area contributed by atoms with Crippen molar-refractivity contribution in [3.8, 4) is 11.5 Å². The molecule has 1 aliphatic heterocycles. The molecule has 0 spiro atoms. The lowest BCUT2D eigenvalue weighted by Gasteiger charge is -2.10. The zero-order valence-electron chi connectivity index (χ0n) is 15.6. The minimum atomic E-state index is -0.799. The number of benzene rings is 2. The lowest BCUT2D eigenvalue weighted by Crippen LogP contribution is -2.36. The first-order valence-corrected chi connectivity index (χ1v) is 9.29. The van der Waals surface area contributed by atoms with Crippen LogP contribution in [0.15, 0.2) is 47.4 Å². The van der Waals surface area contributed by atoms with E-state index in [0.717, 1.165) is 17.0 Å². The first kappa shape index (κ1) is 21.1. The van der Waals surface area contributed by atoms with E-state index in [4.69, 9.17) is 15.2 Å². The summed E-state index contributed by atoms with van der Waals surface area (Å²) < 4.78 is 23.5. The molecule has 1 aliphatic rings. The third kappa shape index (κ3) is 4.66. The van der Waals surface area contributed by atoms with E-state index < -0.39 is 35.4 Å². The van der Waals surface area contributed by atoms with Crippen LogP contribution in [0.4, 0.5) is 9.18 Å². The topological polar surface area (TPSA) is 116 Å². The number of nitrogens with zero attached hydrogens (tertiary/aromatic N) is 1. The summed E-state index contributed by atoms with van der Waals surface area (Å²) in [5.74, 6) is -2.29. The molecule has 0 bridgehead atoms. The fourth-order valence-corrected chi connectivity index (χ4v) is 3.38. The molecule has 0 saturated carbocycles. The van der Waals surface area contributed by atoms with Gasteiger partial charge in [-0.1, -0.05) is 6.07 Å². The molecule has 2 aromatic rings. The van der Waals surface area contributed by atoms with Crippen molar-refractivity contribution < 1.29 is 33.0 Å². The third-order valence-corrected chi connectivity index (χ3v) is 4.86. The predicted molar refractivity (Wildman–Crippen MR) is 106 cm³/mol. The van der Waals surface area contributed by atoms with Gasteiger partial charge in [-0.3, -0.25) is 19.3 Å². The van der Waals surface area contributed by atoms with E-state index in [1.807, 2.05) is 0 Å². The van der Waals surface area contributed by atoms with Gasteiger partial charge in [-0.05, 0) is 59.8 Å². The van der Waals surface area contributed by atoms with Crippen LogP contribution in [0.25, 0.3) is 6.08 Å². The average molecular weight is 430 g/mol. The molecule has 1 saturated heterocycles. The maximum atomic E-state index is 13.0. The Morgan fingerprint density at radius 1 is 1.13 bits per heavy atom. The summed E-state index contributed by atoms with van der Waals surface area (Å²) in [6.07, 6.45) is 1.44. The molecule has 0 unspecified atom stereocenters. The Kier molecular flexibility index (Phi) is 6.17. The number of carbonyl (C=O) groups excluding carboxylic acids is 4. The maximum absolute atomic E-state index is 13.0. The SMILES string of the molecule is COc1cc(/C=C2\SC(=O)N(CC(N)=O)C2=O)ccc1OC(=O)c1ccc(F)cc1. The Labute approximate surface area is 174 Å². The van der Waals surface area contributed by atoms with Gasteiger partial charge >= 0.3 is 5.97 Å². The molecule has 2 aromatic carbocycles. The molecule has 0 atom stereocenters. The second-order valence-electron chi connectivity index (χ2n) is 6.04. The summed E-state index contributed by atoms with van der Waals surface area (Å²) in [5, 5.41) is -0.595. The molecular formula is C20H15FN2O6S. The molecule has 1 fully saturated rings. The van der Waals surface area contributed by atoms with Gasteiger partial charge in [-0.15, -0.1) is 0 Å². The zero-order chi connectivity index (χ0) is 21.8. The Morgan fingerprint density at radius 3 is 2.47 bits per heavy atom. The number of amides is 3. The first-order chi connectivity index (χ1) is 14.3. The third-order valence-electron chi connectivity index (χ3n) is 3.96. The number of carbonyl (C=O) groups is 4. The Hall–Kier alpha value is -3.66. The first-order valence-electron chi connectivity index (χ1n) is 8.48. The van der Waals surface area contributed by atoms with E-state index >= 15 is 0 Å². The molecule has 0 radical (unpaired) electrons. The molecule has 10 heteroatoms. The van der Waals surface area contributed by atoms with E-state index in [1.54, 1.807) is 6.07 Å². The minimum Gasteiger partial charge on any atom is -0.493 e. The predicted octanol–water partition coefficient (Wildman–Crippen LogP) is 2.58. The summed E-state index contributed by atoms with van der Waals surface area (Å²) in [5.41, 5.74) is 5.70.